The fourth-order valence-electron chi connectivity index (χ4n) is 2.34. The highest BCUT2D eigenvalue weighted by molar-refractivity contribution is 7.82. The second kappa shape index (κ2) is 5.15. The number of nitrogens with two attached hydrogens (primary N) is 1. The molecule has 1 aliphatic rings. The van der Waals surface area contributed by atoms with E-state index in [1.807, 2.05) is 22.5 Å². The van der Waals surface area contributed by atoms with Gasteiger partial charge < -0.3 is 5.73 Å². The number of hydrogen-bond acceptors (Lipinski definition) is 2. The fourth-order valence-corrected chi connectivity index (χ4v) is 3.53. The van der Waals surface area contributed by atoms with Crippen LogP contribution in [0.2, 0.25) is 0 Å². The van der Waals surface area contributed by atoms with Crippen LogP contribution in [0.5, 0.6) is 0 Å². The van der Waals surface area contributed by atoms with Crippen molar-refractivity contribution in [2.24, 2.45) is 0 Å². The first kappa shape index (κ1) is 12.4. The van der Waals surface area contributed by atoms with E-state index in [9.17, 15) is 4.21 Å². The monoisotopic (exact) mass is 272 g/mol. The van der Waals surface area contributed by atoms with Gasteiger partial charge in [-0.05, 0) is 41.8 Å². The smallest absolute Gasteiger partial charge is 0.127 e. The largest absolute Gasteiger partial charge is 0.399 e. The van der Waals surface area contributed by atoms with E-state index in [0.717, 1.165) is 24.4 Å². The molecule has 1 unspecified atom stereocenters. The van der Waals surface area contributed by atoms with Gasteiger partial charge in [-0.2, -0.15) is 0 Å². The summed E-state index contributed by atoms with van der Waals surface area (Å²) in [6, 6.07) is 15.6. The highest BCUT2D eigenvalue weighted by atomic mass is 32.2. The van der Waals surface area contributed by atoms with Crippen LogP contribution in [0.25, 0.3) is 0 Å². The first-order chi connectivity index (χ1) is 9.24. The third-order valence-corrected chi connectivity index (χ3v) is 4.87. The molecule has 0 spiro atoms. The summed E-state index contributed by atoms with van der Waals surface area (Å²) in [4.78, 5) is 0.814. The Morgan fingerprint density at radius 2 is 1.68 bits per heavy atom. The quantitative estimate of drug-likeness (QED) is 0.853. The van der Waals surface area contributed by atoms with Gasteiger partial charge in [-0.3, -0.25) is 0 Å². The molecular weight excluding hydrogens is 256 g/mol. The van der Waals surface area contributed by atoms with Crippen molar-refractivity contribution in [1.82, 2.24) is 4.31 Å². The van der Waals surface area contributed by atoms with E-state index in [1.165, 1.54) is 11.1 Å². The third-order valence-electron chi connectivity index (χ3n) is 3.41. The second-order valence-corrected chi connectivity index (χ2v) is 6.19. The molecule has 0 saturated carbocycles. The molecule has 1 atom stereocenters. The SMILES string of the molecule is Nc1ccc(S(=O)N2CCc3ccccc3C2)cc1. The lowest BCUT2D eigenvalue weighted by Crippen LogP contribution is -2.32. The van der Waals surface area contributed by atoms with Gasteiger partial charge in [0.1, 0.15) is 11.0 Å². The summed E-state index contributed by atoms with van der Waals surface area (Å²) in [7, 11) is -1.11. The summed E-state index contributed by atoms with van der Waals surface area (Å²) in [6.45, 7) is 1.57. The first-order valence-electron chi connectivity index (χ1n) is 6.33. The highest BCUT2D eigenvalue weighted by Crippen LogP contribution is 2.22. The van der Waals surface area contributed by atoms with Crippen LogP contribution in [0.1, 0.15) is 11.1 Å². The van der Waals surface area contributed by atoms with Crippen molar-refractivity contribution in [2.75, 3.05) is 12.3 Å². The molecule has 4 heteroatoms. The molecule has 1 aliphatic heterocycles. The molecule has 1 heterocycles. The van der Waals surface area contributed by atoms with Gasteiger partial charge in [0, 0.05) is 18.8 Å². The molecule has 0 amide bonds. The zero-order valence-electron chi connectivity index (χ0n) is 10.6. The van der Waals surface area contributed by atoms with Crippen molar-refractivity contribution >= 4 is 16.7 Å². The average molecular weight is 272 g/mol. The molecule has 2 aromatic rings. The van der Waals surface area contributed by atoms with Crippen LogP contribution in [0.15, 0.2) is 53.4 Å². The van der Waals surface area contributed by atoms with E-state index in [1.54, 1.807) is 12.1 Å². The fraction of sp³-hybridized carbons (Fsp3) is 0.200. The normalized spacial score (nSPS) is 16.8. The van der Waals surface area contributed by atoms with Crippen molar-refractivity contribution in [1.29, 1.82) is 0 Å². The van der Waals surface area contributed by atoms with E-state index in [2.05, 4.69) is 18.2 Å². The van der Waals surface area contributed by atoms with Gasteiger partial charge in [0.25, 0.3) is 0 Å². The summed E-state index contributed by atoms with van der Waals surface area (Å²) in [5, 5.41) is 0. The van der Waals surface area contributed by atoms with Crippen LogP contribution in [0.4, 0.5) is 5.69 Å². The Balaban J connectivity index is 1.81. The Morgan fingerprint density at radius 1 is 1.00 bits per heavy atom. The van der Waals surface area contributed by atoms with Gasteiger partial charge in [-0.1, -0.05) is 24.3 Å². The van der Waals surface area contributed by atoms with Crippen LogP contribution in [-0.4, -0.2) is 15.1 Å². The summed E-state index contributed by atoms with van der Waals surface area (Å²) < 4.78 is 14.5. The molecule has 0 radical (unpaired) electrons. The van der Waals surface area contributed by atoms with Gasteiger partial charge in [0.2, 0.25) is 0 Å². The lowest BCUT2D eigenvalue weighted by Gasteiger charge is -2.27. The summed E-state index contributed by atoms with van der Waals surface area (Å²) in [6.07, 6.45) is 0.955. The molecular formula is C15H16N2OS. The Labute approximate surface area is 115 Å². The molecule has 3 rings (SSSR count). The van der Waals surface area contributed by atoms with E-state index in [4.69, 9.17) is 5.73 Å². The zero-order valence-corrected chi connectivity index (χ0v) is 11.4. The standard InChI is InChI=1S/C15H16N2OS/c16-14-5-7-15(8-6-14)19(18)17-10-9-12-3-1-2-4-13(12)11-17/h1-8H,9-11,16H2. The second-order valence-electron chi connectivity index (χ2n) is 4.70. The minimum absolute atomic E-state index is 0.699. The predicted molar refractivity (Wildman–Crippen MR) is 77.8 cm³/mol. The summed E-state index contributed by atoms with van der Waals surface area (Å²) >= 11 is 0. The number of rotatable bonds is 2. The Morgan fingerprint density at radius 3 is 2.42 bits per heavy atom. The molecule has 0 aliphatic carbocycles. The third kappa shape index (κ3) is 2.55. The number of nitrogens with zero attached hydrogens (tertiary/aromatic N) is 1. The summed E-state index contributed by atoms with van der Waals surface area (Å²) in [5.74, 6) is 0. The van der Waals surface area contributed by atoms with Crippen LogP contribution in [0.3, 0.4) is 0 Å². The number of nitrogen functional groups attached to an aromatic ring is 1. The van der Waals surface area contributed by atoms with Crippen molar-refractivity contribution in [2.45, 2.75) is 17.9 Å². The van der Waals surface area contributed by atoms with Crippen molar-refractivity contribution in [3.05, 3.63) is 59.7 Å². The molecule has 0 aromatic heterocycles. The van der Waals surface area contributed by atoms with E-state index in [0.29, 0.717) is 5.69 Å². The molecule has 3 nitrogen and oxygen atoms in total. The number of benzene rings is 2. The van der Waals surface area contributed by atoms with E-state index in [-0.39, 0.29) is 0 Å². The number of fused-ring (bicyclic) bond motifs is 1. The van der Waals surface area contributed by atoms with Crippen LogP contribution in [0, 0.1) is 0 Å². The average Bonchev–Trinajstić information content (AvgIpc) is 2.47. The molecule has 0 saturated heterocycles. The predicted octanol–water partition coefficient (Wildman–Crippen LogP) is 2.35. The Hall–Kier alpha value is -1.65. The van der Waals surface area contributed by atoms with E-state index >= 15 is 0 Å². The Kier molecular flexibility index (Phi) is 3.36. The minimum Gasteiger partial charge on any atom is -0.399 e. The lowest BCUT2D eigenvalue weighted by atomic mass is 10.0. The molecule has 2 N–H and O–H groups in total. The van der Waals surface area contributed by atoms with Crippen LogP contribution < -0.4 is 5.73 Å². The maximum absolute atomic E-state index is 12.5. The minimum atomic E-state index is -1.11. The Bertz CT molecular complexity index is 610. The topological polar surface area (TPSA) is 46.3 Å². The highest BCUT2D eigenvalue weighted by Gasteiger charge is 2.21. The lowest BCUT2D eigenvalue weighted by molar-refractivity contribution is 0.421. The maximum Gasteiger partial charge on any atom is 0.127 e. The van der Waals surface area contributed by atoms with E-state index < -0.39 is 11.0 Å². The maximum atomic E-state index is 12.5. The summed E-state index contributed by atoms with van der Waals surface area (Å²) in [5.41, 5.74) is 9.00. The van der Waals surface area contributed by atoms with Gasteiger partial charge in [-0.15, -0.1) is 0 Å². The van der Waals surface area contributed by atoms with Crippen LogP contribution >= 0.6 is 0 Å². The number of hydrogen-bond donors (Lipinski definition) is 1. The van der Waals surface area contributed by atoms with Gasteiger partial charge in [0.05, 0.1) is 4.90 Å². The first-order valence-corrected chi connectivity index (χ1v) is 7.44. The van der Waals surface area contributed by atoms with Crippen molar-refractivity contribution < 1.29 is 4.21 Å². The van der Waals surface area contributed by atoms with Crippen molar-refractivity contribution in [3.63, 3.8) is 0 Å². The molecule has 2 aromatic carbocycles. The molecule has 19 heavy (non-hydrogen) atoms. The number of anilines is 1. The van der Waals surface area contributed by atoms with Crippen molar-refractivity contribution in [3.8, 4) is 0 Å². The molecule has 0 bridgehead atoms. The van der Waals surface area contributed by atoms with Crippen LogP contribution in [-0.2, 0) is 24.0 Å². The van der Waals surface area contributed by atoms with Gasteiger partial charge in [0.15, 0.2) is 0 Å². The van der Waals surface area contributed by atoms with Gasteiger partial charge >= 0.3 is 0 Å². The van der Waals surface area contributed by atoms with Gasteiger partial charge in [-0.25, -0.2) is 8.51 Å². The molecule has 0 fully saturated rings. The molecule has 98 valence electrons. The zero-order chi connectivity index (χ0) is 13.2.